The van der Waals surface area contributed by atoms with Gasteiger partial charge in [-0.25, -0.2) is 0 Å². The van der Waals surface area contributed by atoms with Crippen molar-refractivity contribution in [3.63, 3.8) is 0 Å². The molecule has 90 valence electrons. The van der Waals surface area contributed by atoms with E-state index >= 15 is 0 Å². The second-order valence-electron chi connectivity index (χ2n) is 3.94. The molecule has 0 atom stereocenters. The van der Waals surface area contributed by atoms with Gasteiger partial charge in [0.1, 0.15) is 5.78 Å². The van der Waals surface area contributed by atoms with Gasteiger partial charge < -0.3 is 5.32 Å². The van der Waals surface area contributed by atoms with E-state index in [9.17, 15) is 4.79 Å². The number of carbonyl (C=O) groups excluding carboxylic acids is 1. The van der Waals surface area contributed by atoms with E-state index in [1.165, 1.54) is 0 Å². The van der Waals surface area contributed by atoms with Crippen molar-refractivity contribution in [3.05, 3.63) is 36.5 Å². The highest BCUT2D eigenvalue weighted by Gasteiger charge is 1.99. The van der Waals surface area contributed by atoms with Gasteiger partial charge >= 0.3 is 0 Å². The molecule has 0 heterocycles. The van der Waals surface area contributed by atoms with Crippen LogP contribution in [0.2, 0.25) is 0 Å². The van der Waals surface area contributed by atoms with E-state index in [0.29, 0.717) is 19.0 Å². The molecule has 0 aromatic rings. The predicted molar refractivity (Wildman–Crippen MR) is 70.5 cm³/mol. The summed E-state index contributed by atoms with van der Waals surface area (Å²) in [5.41, 5.74) is 0. The molecule has 2 heteroatoms. The van der Waals surface area contributed by atoms with Crippen LogP contribution >= 0.6 is 0 Å². The van der Waals surface area contributed by atoms with Gasteiger partial charge in [-0.15, -0.1) is 0 Å². The van der Waals surface area contributed by atoms with Crippen LogP contribution in [0.15, 0.2) is 36.5 Å². The van der Waals surface area contributed by atoms with E-state index in [-0.39, 0.29) is 5.78 Å². The highest BCUT2D eigenvalue weighted by Crippen LogP contribution is 1.91. The normalized spacial score (nSPS) is 12.5. The van der Waals surface area contributed by atoms with Gasteiger partial charge in [0.2, 0.25) is 0 Å². The number of Topliss-reactive ketones (excluding diaryl/α,β-unsaturated/α-hetero) is 1. The van der Waals surface area contributed by atoms with Gasteiger partial charge in [-0.1, -0.05) is 50.3 Å². The zero-order chi connectivity index (χ0) is 12.2. The maximum absolute atomic E-state index is 11.3. The van der Waals surface area contributed by atoms with Crippen LogP contribution in [0.3, 0.4) is 0 Å². The Morgan fingerprint density at radius 1 is 1.19 bits per heavy atom. The summed E-state index contributed by atoms with van der Waals surface area (Å²) in [6, 6.07) is 0.372. The Balaban J connectivity index is 3.55. The third-order valence-corrected chi connectivity index (χ3v) is 1.93. The van der Waals surface area contributed by atoms with Gasteiger partial charge in [0.05, 0.1) is 6.54 Å². The number of rotatable bonds is 8. The molecule has 0 rings (SSSR count). The lowest BCUT2D eigenvalue weighted by Crippen LogP contribution is -2.28. The van der Waals surface area contributed by atoms with Gasteiger partial charge in [-0.3, -0.25) is 4.79 Å². The summed E-state index contributed by atoms with van der Waals surface area (Å²) in [6.45, 7) is 6.53. The monoisotopic (exact) mass is 221 g/mol. The molecule has 0 amide bonds. The van der Waals surface area contributed by atoms with E-state index in [2.05, 4.69) is 11.4 Å². The lowest BCUT2D eigenvalue weighted by Gasteiger charge is -2.05. The number of allylic oxidation sites excluding steroid dienone is 6. The van der Waals surface area contributed by atoms with Gasteiger partial charge in [0, 0.05) is 12.5 Å². The Labute approximate surface area is 99.1 Å². The summed E-state index contributed by atoms with van der Waals surface area (Å²) in [5.74, 6) is 0.238. The molecule has 1 N–H and O–H groups in total. The van der Waals surface area contributed by atoms with Crippen LogP contribution in [0.25, 0.3) is 0 Å². The van der Waals surface area contributed by atoms with Crippen LogP contribution in [0.1, 0.15) is 33.6 Å². The SMILES string of the molecule is CC=CC=CC/C=C/CC(=O)CNC(C)C. The molecular formula is C14H23NO. The molecule has 0 aliphatic rings. The van der Waals surface area contributed by atoms with Gasteiger partial charge in [-0.2, -0.15) is 0 Å². The fraction of sp³-hybridized carbons (Fsp3) is 0.500. The fourth-order valence-corrected chi connectivity index (χ4v) is 1.05. The van der Waals surface area contributed by atoms with Crippen molar-refractivity contribution in [3.8, 4) is 0 Å². The molecule has 0 radical (unpaired) electrons. The molecule has 16 heavy (non-hydrogen) atoms. The Bertz CT molecular complexity index is 262. The Kier molecular flexibility index (Phi) is 9.63. The molecule has 0 bridgehead atoms. The van der Waals surface area contributed by atoms with E-state index in [1.807, 2.05) is 51.2 Å². The first-order valence-electron chi connectivity index (χ1n) is 5.84. The smallest absolute Gasteiger partial charge is 0.150 e. The molecule has 0 aromatic heterocycles. The highest BCUT2D eigenvalue weighted by molar-refractivity contribution is 5.81. The van der Waals surface area contributed by atoms with Crippen LogP contribution in [-0.2, 0) is 4.79 Å². The second kappa shape index (κ2) is 10.4. The number of carbonyl (C=O) groups is 1. The first-order valence-corrected chi connectivity index (χ1v) is 5.84. The molecule has 0 saturated heterocycles. The molecule has 2 nitrogen and oxygen atoms in total. The summed E-state index contributed by atoms with van der Waals surface area (Å²) in [4.78, 5) is 11.3. The quantitative estimate of drug-likeness (QED) is 0.504. The molecule has 0 saturated carbocycles. The molecule has 0 spiro atoms. The van der Waals surface area contributed by atoms with Gasteiger partial charge in [0.25, 0.3) is 0 Å². The minimum atomic E-state index is 0.238. The van der Waals surface area contributed by atoms with Crippen molar-refractivity contribution in [2.75, 3.05) is 6.54 Å². The maximum atomic E-state index is 11.3. The summed E-state index contributed by atoms with van der Waals surface area (Å²) < 4.78 is 0. The molecule has 0 aliphatic heterocycles. The summed E-state index contributed by atoms with van der Waals surface area (Å²) in [6.07, 6.45) is 13.4. The minimum absolute atomic E-state index is 0.238. The summed E-state index contributed by atoms with van der Waals surface area (Å²) >= 11 is 0. The Hall–Kier alpha value is -1.15. The van der Waals surface area contributed by atoms with Crippen LogP contribution < -0.4 is 5.32 Å². The largest absolute Gasteiger partial charge is 0.308 e. The summed E-state index contributed by atoms with van der Waals surface area (Å²) in [7, 11) is 0. The van der Waals surface area contributed by atoms with Crippen molar-refractivity contribution >= 4 is 5.78 Å². The topological polar surface area (TPSA) is 29.1 Å². The third-order valence-electron chi connectivity index (χ3n) is 1.93. The fourth-order valence-electron chi connectivity index (χ4n) is 1.05. The first kappa shape index (κ1) is 14.8. The van der Waals surface area contributed by atoms with Crippen molar-refractivity contribution in [2.24, 2.45) is 0 Å². The van der Waals surface area contributed by atoms with Gasteiger partial charge in [0.15, 0.2) is 0 Å². The number of hydrogen-bond donors (Lipinski definition) is 1. The van der Waals surface area contributed by atoms with Crippen molar-refractivity contribution in [1.29, 1.82) is 0 Å². The van der Waals surface area contributed by atoms with Crippen molar-refractivity contribution in [1.82, 2.24) is 5.32 Å². The van der Waals surface area contributed by atoms with Crippen LogP contribution in [-0.4, -0.2) is 18.4 Å². The average Bonchev–Trinajstić information content (AvgIpc) is 2.25. The number of ketones is 1. The molecular weight excluding hydrogens is 198 g/mol. The zero-order valence-electron chi connectivity index (χ0n) is 10.6. The molecule has 0 aromatic carbocycles. The van der Waals surface area contributed by atoms with E-state index in [0.717, 1.165) is 6.42 Å². The molecule has 0 fully saturated rings. The molecule has 0 aliphatic carbocycles. The zero-order valence-corrected chi connectivity index (χ0v) is 10.6. The third kappa shape index (κ3) is 10.9. The number of nitrogens with one attached hydrogen (secondary N) is 1. The standard InChI is InChI=1S/C14H23NO/c1-4-5-6-7-8-9-10-11-14(16)12-15-13(2)3/h4-7,9-10,13,15H,8,11-12H2,1-3H3/b5-4?,7-6?,10-9+. The van der Waals surface area contributed by atoms with E-state index < -0.39 is 0 Å². The predicted octanol–water partition coefficient (Wildman–Crippen LogP) is 3.02. The van der Waals surface area contributed by atoms with Crippen molar-refractivity contribution in [2.45, 2.75) is 39.7 Å². The van der Waals surface area contributed by atoms with E-state index in [4.69, 9.17) is 0 Å². The molecule has 0 unspecified atom stereocenters. The Morgan fingerprint density at radius 3 is 2.56 bits per heavy atom. The first-order chi connectivity index (χ1) is 7.66. The van der Waals surface area contributed by atoms with Crippen LogP contribution in [0.4, 0.5) is 0 Å². The maximum Gasteiger partial charge on any atom is 0.150 e. The van der Waals surface area contributed by atoms with Crippen LogP contribution in [0, 0.1) is 0 Å². The Morgan fingerprint density at radius 2 is 1.94 bits per heavy atom. The van der Waals surface area contributed by atoms with E-state index in [1.54, 1.807) is 0 Å². The summed E-state index contributed by atoms with van der Waals surface area (Å²) in [5, 5.41) is 3.11. The second-order valence-corrected chi connectivity index (χ2v) is 3.94. The lowest BCUT2D eigenvalue weighted by atomic mass is 10.2. The average molecular weight is 221 g/mol. The lowest BCUT2D eigenvalue weighted by molar-refractivity contribution is -0.117. The van der Waals surface area contributed by atoms with Crippen LogP contribution in [0.5, 0.6) is 0 Å². The number of hydrogen-bond acceptors (Lipinski definition) is 2. The van der Waals surface area contributed by atoms with Crippen molar-refractivity contribution < 1.29 is 4.79 Å². The minimum Gasteiger partial charge on any atom is -0.308 e. The highest BCUT2D eigenvalue weighted by atomic mass is 16.1. The van der Waals surface area contributed by atoms with Gasteiger partial charge in [-0.05, 0) is 13.3 Å².